The summed E-state index contributed by atoms with van der Waals surface area (Å²) in [6, 6.07) is 14.0. The Kier molecular flexibility index (Phi) is 10.6. The standard InChI is InChI=1S/C28H31NO5/c1-4-10-22-13-8-15-24(30)27(22)28(33)34-23(19-25(31)20(2)3)14-9-18-29-26(32)17-16-21-11-6-5-7-12-21/h4-9,11-13,15,18,20,23,25,30-31H,1,10,14,19H2,2-3H3,(H,29,32)/b18-9+. The summed E-state index contributed by atoms with van der Waals surface area (Å²) < 4.78 is 5.65. The highest BCUT2D eigenvalue weighted by molar-refractivity contribution is 5.95. The lowest BCUT2D eigenvalue weighted by Crippen LogP contribution is -2.27. The predicted octanol–water partition coefficient (Wildman–Crippen LogP) is 4.12. The number of phenols is 1. The molecule has 6 nitrogen and oxygen atoms in total. The molecule has 1 amide bonds. The van der Waals surface area contributed by atoms with Crippen LogP contribution in [0.5, 0.6) is 5.75 Å². The van der Waals surface area contributed by atoms with Crippen molar-refractivity contribution in [3.05, 3.63) is 90.2 Å². The monoisotopic (exact) mass is 461 g/mol. The van der Waals surface area contributed by atoms with Crippen LogP contribution in [0.1, 0.15) is 48.2 Å². The highest BCUT2D eigenvalue weighted by atomic mass is 16.5. The topological polar surface area (TPSA) is 95.9 Å². The van der Waals surface area contributed by atoms with Gasteiger partial charge in [-0.1, -0.05) is 62.3 Å². The molecule has 2 unspecified atom stereocenters. The summed E-state index contributed by atoms with van der Waals surface area (Å²) in [5, 5.41) is 23.1. The van der Waals surface area contributed by atoms with Gasteiger partial charge in [-0.3, -0.25) is 4.79 Å². The van der Waals surface area contributed by atoms with Gasteiger partial charge in [0.1, 0.15) is 17.4 Å². The second-order valence-electron chi connectivity index (χ2n) is 8.11. The molecule has 2 aromatic rings. The minimum absolute atomic E-state index is 0.0281. The maximum Gasteiger partial charge on any atom is 0.342 e. The number of allylic oxidation sites excluding steroid dienone is 1. The Labute approximate surface area is 201 Å². The Bertz CT molecular complexity index is 1060. The van der Waals surface area contributed by atoms with Crippen LogP contribution >= 0.6 is 0 Å². The molecule has 2 rings (SSSR count). The number of phenolic OH excluding ortho intramolecular Hbond substituents is 1. The Balaban J connectivity index is 2.05. The first-order valence-electron chi connectivity index (χ1n) is 11.1. The molecule has 0 heterocycles. The van der Waals surface area contributed by atoms with Gasteiger partial charge in [0.15, 0.2) is 0 Å². The molecule has 0 saturated carbocycles. The molecule has 3 N–H and O–H groups in total. The normalized spacial score (nSPS) is 12.5. The van der Waals surface area contributed by atoms with Gasteiger partial charge in [0.2, 0.25) is 0 Å². The predicted molar refractivity (Wildman–Crippen MR) is 132 cm³/mol. The van der Waals surface area contributed by atoms with Crippen molar-refractivity contribution in [2.75, 3.05) is 0 Å². The third kappa shape index (κ3) is 8.61. The number of nitrogens with one attached hydrogen (secondary N) is 1. The molecule has 0 aliphatic rings. The van der Waals surface area contributed by atoms with Crippen LogP contribution in [0.15, 0.2) is 73.5 Å². The van der Waals surface area contributed by atoms with E-state index in [0.717, 1.165) is 5.56 Å². The van der Waals surface area contributed by atoms with E-state index in [-0.39, 0.29) is 30.1 Å². The van der Waals surface area contributed by atoms with E-state index in [9.17, 15) is 19.8 Å². The summed E-state index contributed by atoms with van der Waals surface area (Å²) in [6.45, 7) is 7.42. The van der Waals surface area contributed by atoms with Crippen molar-refractivity contribution in [1.82, 2.24) is 5.32 Å². The lowest BCUT2D eigenvalue weighted by Gasteiger charge is -2.22. The number of aliphatic hydroxyl groups excluding tert-OH is 1. The summed E-state index contributed by atoms with van der Waals surface area (Å²) in [6.07, 6.45) is 4.23. The van der Waals surface area contributed by atoms with E-state index < -0.39 is 24.1 Å². The van der Waals surface area contributed by atoms with Crippen LogP contribution in [0.3, 0.4) is 0 Å². The van der Waals surface area contributed by atoms with E-state index >= 15 is 0 Å². The summed E-state index contributed by atoms with van der Waals surface area (Å²) in [5.41, 5.74) is 1.42. The molecule has 0 aliphatic carbocycles. The fraction of sp³-hybridized carbons (Fsp3) is 0.286. The Hall–Kier alpha value is -3.82. The highest BCUT2D eigenvalue weighted by Gasteiger charge is 2.24. The number of amides is 1. The molecule has 2 atom stereocenters. The van der Waals surface area contributed by atoms with Crippen molar-refractivity contribution in [1.29, 1.82) is 0 Å². The minimum atomic E-state index is -0.686. The molecule has 0 aliphatic heterocycles. The maximum absolute atomic E-state index is 12.9. The summed E-state index contributed by atoms with van der Waals surface area (Å²) >= 11 is 0. The molecule has 0 aromatic heterocycles. The van der Waals surface area contributed by atoms with Crippen molar-refractivity contribution in [3.8, 4) is 17.6 Å². The Morgan fingerprint density at radius 1 is 1.15 bits per heavy atom. The third-order valence-corrected chi connectivity index (χ3v) is 5.07. The summed E-state index contributed by atoms with van der Waals surface area (Å²) in [4.78, 5) is 24.8. The van der Waals surface area contributed by atoms with Gasteiger partial charge in [-0.25, -0.2) is 4.79 Å². The molecule has 0 radical (unpaired) electrons. The third-order valence-electron chi connectivity index (χ3n) is 5.07. The number of aromatic hydroxyl groups is 1. The van der Waals surface area contributed by atoms with E-state index in [1.165, 1.54) is 12.3 Å². The second-order valence-corrected chi connectivity index (χ2v) is 8.11. The number of benzene rings is 2. The first kappa shape index (κ1) is 26.4. The van der Waals surface area contributed by atoms with Gasteiger partial charge in [0.05, 0.1) is 6.10 Å². The zero-order valence-electron chi connectivity index (χ0n) is 19.5. The molecule has 0 spiro atoms. The number of hydrogen-bond acceptors (Lipinski definition) is 5. The van der Waals surface area contributed by atoms with Gasteiger partial charge in [0.25, 0.3) is 5.91 Å². The van der Waals surface area contributed by atoms with Gasteiger partial charge < -0.3 is 20.3 Å². The first-order chi connectivity index (χ1) is 16.3. The van der Waals surface area contributed by atoms with Crippen molar-refractivity contribution >= 4 is 11.9 Å². The zero-order chi connectivity index (χ0) is 24.9. The second kappa shape index (κ2) is 13.7. The van der Waals surface area contributed by atoms with Crippen molar-refractivity contribution in [3.63, 3.8) is 0 Å². The van der Waals surface area contributed by atoms with Gasteiger partial charge in [-0.15, -0.1) is 6.58 Å². The first-order valence-corrected chi connectivity index (χ1v) is 11.1. The van der Waals surface area contributed by atoms with Crippen LogP contribution in [-0.2, 0) is 16.0 Å². The summed E-state index contributed by atoms with van der Waals surface area (Å²) in [5.74, 6) is 3.91. The lowest BCUT2D eigenvalue weighted by molar-refractivity contribution is -0.114. The number of ether oxygens (including phenoxy) is 1. The number of carbonyl (C=O) groups is 2. The van der Waals surface area contributed by atoms with Crippen LogP contribution in [0.25, 0.3) is 0 Å². The van der Waals surface area contributed by atoms with Crippen molar-refractivity contribution in [2.45, 2.75) is 45.3 Å². The molecular weight excluding hydrogens is 430 g/mol. The van der Waals surface area contributed by atoms with Crippen molar-refractivity contribution < 1.29 is 24.5 Å². The zero-order valence-corrected chi connectivity index (χ0v) is 19.5. The fourth-order valence-corrected chi connectivity index (χ4v) is 3.13. The minimum Gasteiger partial charge on any atom is -0.507 e. The van der Waals surface area contributed by atoms with E-state index in [1.807, 2.05) is 32.0 Å². The van der Waals surface area contributed by atoms with Crippen LogP contribution in [-0.4, -0.2) is 34.3 Å². The highest BCUT2D eigenvalue weighted by Crippen LogP contribution is 2.25. The average Bonchev–Trinajstić information content (AvgIpc) is 2.81. The molecule has 0 saturated heterocycles. The number of esters is 1. The molecule has 34 heavy (non-hydrogen) atoms. The smallest absolute Gasteiger partial charge is 0.342 e. The van der Waals surface area contributed by atoms with Gasteiger partial charge in [-0.2, -0.15) is 0 Å². The van der Waals surface area contributed by atoms with Crippen LogP contribution in [0.2, 0.25) is 0 Å². The SMILES string of the molecule is C=CCc1cccc(O)c1C(=O)OC(C/C=C/NC(=O)C#Cc1ccccc1)CC(O)C(C)C. The largest absolute Gasteiger partial charge is 0.507 e. The average molecular weight is 462 g/mol. The number of aliphatic hydroxyl groups is 1. The van der Waals surface area contributed by atoms with E-state index in [4.69, 9.17) is 4.74 Å². The quantitative estimate of drug-likeness (QED) is 0.281. The van der Waals surface area contributed by atoms with Gasteiger partial charge in [-0.05, 0) is 36.1 Å². The lowest BCUT2D eigenvalue weighted by atomic mass is 9.99. The number of rotatable bonds is 10. The van der Waals surface area contributed by atoms with Gasteiger partial charge in [0, 0.05) is 30.5 Å². The molecular formula is C28H31NO5. The maximum atomic E-state index is 12.9. The molecule has 6 heteroatoms. The van der Waals surface area contributed by atoms with Crippen LogP contribution < -0.4 is 5.32 Å². The van der Waals surface area contributed by atoms with E-state index in [1.54, 1.807) is 36.4 Å². The van der Waals surface area contributed by atoms with Gasteiger partial charge >= 0.3 is 5.97 Å². The molecule has 2 aromatic carbocycles. The molecule has 0 fully saturated rings. The van der Waals surface area contributed by atoms with E-state index in [2.05, 4.69) is 23.7 Å². The Morgan fingerprint density at radius 2 is 1.88 bits per heavy atom. The molecule has 0 bridgehead atoms. The fourth-order valence-electron chi connectivity index (χ4n) is 3.13. The molecule has 178 valence electrons. The Morgan fingerprint density at radius 3 is 2.56 bits per heavy atom. The number of carbonyl (C=O) groups excluding carboxylic acids is 2. The number of hydrogen-bond donors (Lipinski definition) is 3. The van der Waals surface area contributed by atoms with Crippen LogP contribution in [0.4, 0.5) is 0 Å². The van der Waals surface area contributed by atoms with Crippen molar-refractivity contribution in [2.24, 2.45) is 5.92 Å². The summed E-state index contributed by atoms with van der Waals surface area (Å²) in [7, 11) is 0. The van der Waals surface area contributed by atoms with E-state index in [0.29, 0.717) is 12.0 Å². The van der Waals surface area contributed by atoms with Crippen LogP contribution in [0, 0.1) is 17.8 Å².